The minimum Gasteiger partial charge on any atom is -0.369 e. The van der Waals surface area contributed by atoms with Crippen LogP contribution in [0.25, 0.3) is 0 Å². The number of nitrogens with two attached hydrogens (primary N) is 1. The topological polar surface area (TPSA) is 63.4 Å². The Kier molecular flexibility index (Phi) is 4.26. The Balaban J connectivity index is 1.97. The predicted molar refractivity (Wildman–Crippen MR) is 100 cm³/mol. The first-order valence-electron chi connectivity index (χ1n) is 9.02. The zero-order valence-corrected chi connectivity index (χ0v) is 15.7. The van der Waals surface area contributed by atoms with Gasteiger partial charge in [0.15, 0.2) is 0 Å². The van der Waals surface area contributed by atoms with Crippen LogP contribution in [-0.4, -0.2) is 17.9 Å². The van der Waals surface area contributed by atoms with Gasteiger partial charge in [-0.1, -0.05) is 43.7 Å². The molecule has 2 aliphatic rings. The molecule has 1 aliphatic carbocycles. The van der Waals surface area contributed by atoms with E-state index < -0.39 is 0 Å². The highest BCUT2D eigenvalue weighted by atomic mass is 16.2. The smallest absolute Gasteiger partial charge is 0.231 e. The summed E-state index contributed by atoms with van der Waals surface area (Å²) in [6.45, 7) is 10.5. The lowest BCUT2D eigenvalue weighted by molar-refractivity contribution is -0.123. The Morgan fingerprint density at radius 2 is 1.88 bits per heavy atom. The lowest BCUT2D eigenvalue weighted by Gasteiger charge is -2.38. The van der Waals surface area contributed by atoms with Crippen LogP contribution < -0.4 is 10.6 Å². The molecule has 134 valence electrons. The molecule has 0 spiro atoms. The summed E-state index contributed by atoms with van der Waals surface area (Å²) in [4.78, 5) is 27.2. The maximum atomic E-state index is 13.4. The third-order valence-corrected chi connectivity index (χ3v) is 5.86. The number of carbonyl (C=O) groups is 2. The summed E-state index contributed by atoms with van der Waals surface area (Å²) in [5.41, 5.74) is 8.54. The Bertz CT molecular complexity index is 746. The fraction of sp³-hybridized carbons (Fsp3) is 0.524. The number of allylic oxidation sites excluding steroid dienone is 2. The predicted octanol–water partition coefficient (Wildman–Crippen LogP) is 3.62. The van der Waals surface area contributed by atoms with Crippen molar-refractivity contribution >= 4 is 17.5 Å². The van der Waals surface area contributed by atoms with Crippen LogP contribution in [0.2, 0.25) is 0 Å². The van der Waals surface area contributed by atoms with Crippen LogP contribution in [0.15, 0.2) is 35.9 Å². The van der Waals surface area contributed by atoms with Crippen molar-refractivity contribution in [1.29, 1.82) is 0 Å². The van der Waals surface area contributed by atoms with E-state index in [4.69, 9.17) is 5.73 Å². The monoisotopic (exact) mass is 340 g/mol. The molecule has 4 atom stereocenters. The summed E-state index contributed by atoms with van der Waals surface area (Å²) in [6.07, 6.45) is 2.80. The van der Waals surface area contributed by atoms with E-state index in [1.807, 2.05) is 36.1 Å². The van der Waals surface area contributed by atoms with Crippen molar-refractivity contribution in [2.45, 2.75) is 53.0 Å². The van der Waals surface area contributed by atoms with E-state index in [0.717, 1.165) is 11.3 Å². The van der Waals surface area contributed by atoms with E-state index in [0.29, 0.717) is 6.42 Å². The normalized spacial score (nSPS) is 29.6. The molecule has 1 heterocycles. The minimum atomic E-state index is -0.323. The summed E-state index contributed by atoms with van der Waals surface area (Å²) in [7, 11) is 0. The van der Waals surface area contributed by atoms with Crippen LogP contribution in [0.3, 0.4) is 0 Å². The molecule has 1 aliphatic heterocycles. The van der Waals surface area contributed by atoms with Gasteiger partial charge < -0.3 is 10.6 Å². The zero-order chi connectivity index (χ0) is 18.5. The molecule has 0 aromatic heterocycles. The summed E-state index contributed by atoms with van der Waals surface area (Å²) in [6, 6.07) is 7.64. The maximum absolute atomic E-state index is 13.4. The van der Waals surface area contributed by atoms with Crippen molar-refractivity contribution in [3.05, 3.63) is 41.5 Å². The summed E-state index contributed by atoms with van der Waals surface area (Å²) in [5, 5.41) is 0. The molecule has 2 N–H and O–H groups in total. The minimum absolute atomic E-state index is 0.0111. The van der Waals surface area contributed by atoms with E-state index in [2.05, 4.69) is 33.8 Å². The molecule has 3 rings (SSSR count). The van der Waals surface area contributed by atoms with Gasteiger partial charge in [0.05, 0.1) is 11.8 Å². The summed E-state index contributed by atoms with van der Waals surface area (Å²) in [5.74, 6) is -0.215. The lowest BCUT2D eigenvalue weighted by atomic mass is 9.85. The van der Waals surface area contributed by atoms with Crippen molar-refractivity contribution in [1.82, 2.24) is 0 Å². The van der Waals surface area contributed by atoms with Crippen molar-refractivity contribution in [3.63, 3.8) is 0 Å². The van der Waals surface area contributed by atoms with Gasteiger partial charge in [-0.2, -0.15) is 0 Å². The quantitative estimate of drug-likeness (QED) is 0.854. The molecule has 4 heteroatoms. The molecule has 4 nitrogen and oxygen atoms in total. The highest BCUT2D eigenvalue weighted by Gasteiger charge is 2.62. The van der Waals surface area contributed by atoms with Crippen LogP contribution in [0, 0.1) is 17.3 Å². The molecule has 25 heavy (non-hydrogen) atoms. The molecular weight excluding hydrogens is 312 g/mol. The van der Waals surface area contributed by atoms with Crippen LogP contribution in [-0.2, 0) is 9.59 Å². The molecular formula is C21H28N2O2. The molecule has 1 fully saturated rings. The van der Waals surface area contributed by atoms with E-state index in [1.165, 1.54) is 5.57 Å². The number of primary amides is 1. The average Bonchev–Trinajstić information content (AvgIpc) is 3.05. The van der Waals surface area contributed by atoms with E-state index in [9.17, 15) is 9.59 Å². The molecule has 0 radical (unpaired) electrons. The number of anilines is 1. The second-order valence-corrected chi connectivity index (χ2v) is 8.38. The van der Waals surface area contributed by atoms with E-state index >= 15 is 0 Å². The first-order chi connectivity index (χ1) is 11.7. The number of hydrogen-bond acceptors (Lipinski definition) is 2. The molecule has 0 bridgehead atoms. The molecule has 1 aromatic carbocycles. The SMILES string of the molecule is CC(C)=CC1C(C(=O)N2c3ccccc3C(C(N)=O)CC2C)C1(C)C. The van der Waals surface area contributed by atoms with Crippen molar-refractivity contribution in [2.24, 2.45) is 23.0 Å². The summed E-state index contributed by atoms with van der Waals surface area (Å²) < 4.78 is 0. The molecule has 4 unspecified atom stereocenters. The second-order valence-electron chi connectivity index (χ2n) is 8.38. The van der Waals surface area contributed by atoms with Gasteiger partial charge in [-0.15, -0.1) is 0 Å². The number of carbonyl (C=O) groups excluding carboxylic acids is 2. The largest absolute Gasteiger partial charge is 0.369 e. The van der Waals surface area contributed by atoms with Crippen molar-refractivity contribution in [2.75, 3.05) is 4.90 Å². The fourth-order valence-electron chi connectivity index (χ4n) is 4.39. The number of amides is 2. The number of benzene rings is 1. The van der Waals surface area contributed by atoms with Crippen LogP contribution >= 0.6 is 0 Å². The molecule has 1 saturated carbocycles. The van der Waals surface area contributed by atoms with Gasteiger partial charge in [-0.3, -0.25) is 9.59 Å². The average molecular weight is 340 g/mol. The van der Waals surface area contributed by atoms with E-state index in [1.54, 1.807) is 0 Å². The van der Waals surface area contributed by atoms with Crippen LogP contribution in [0.1, 0.15) is 52.5 Å². The Hall–Kier alpha value is -2.10. The first kappa shape index (κ1) is 17.7. The van der Waals surface area contributed by atoms with Gasteiger partial charge in [0.2, 0.25) is 11.8 Å². The number of para-hydroxylation sites is 1. The third kappa shape index (κ3) is 2.88. The number of rotatable bonds is 3. The number of nitrogens with zero attached hydrogens (tertiary/aromatic N) is 1. The van der Waals surface area contributed by atoms with Crippen LogP contribution in [0.5, 0.6) is 0 Å². The first-order valence-corrected chi connectivity index (χ1v) is 9.02. The maximum Gasteiger partial charge on any atom is 0.231 e. The Morgan fingerprint density at radius 3 is 2.48 bits per heavy atom. The van der Waals surface area contributed by atoms with Crippen molar-refractivity contribution in [3.8, 4) is 0 Å². The van der Waals surface area contributed by atoms with E-state index in [-0.39, 0.29) is 41.0 Å². The van der Waals surface area contributed by atoms with Gasteiger partial charge in [0.25, 0.3) is 0 Å². The Labute approximate surface area is 150 Å². The molecule has 2 amide bonds. The van der Waals surface area contributed by atoms with Gasteiger partial charge >= 0.3 is 0 Å². The second kappa shape index (κ2) is 6.01. The lowest BCUT2D eigenvalue weighted by Crippen LogP contribution is -2.46. The van der Waals surface area contributed by atoms with Gasteiger partial charge in [-0.05, 0) is 50.2 Å². The third-order valence-electron chi connectivity index (χ3n) is 5.86. The Morgan fingerprint density at radius 1 is 1.24 bits per heavy atom. The summed E-state index contributed by atoms with van der Waals surface area (Å²) >= 11 is 0. The van der Waals surface area contributed by atoms with Gasteiger partial charge in [-0.25, -0.2) is 0 Å². The number of fused-ring (bicyclic) bond motifs is 1. The van der Waals surface area contributed by atoms with Gasteiger partial charge in [0.1, 0.15) is 0 Å². The molecule has 0 saturated heterocycles. The highest BCUT2D eigenvalue weighted by molar-refractivity contribution is 6.01. The molecule has 1 aromatic rings. The zero-order valence-electron chi connectivity index (χ0n) is 15.7. The standard InChI is InChI=1S/C21H28N2O2/c1-12(2)10-16-18(21(16,4)5)20(25)23-13(3)11-15(19(22)24)14-8-6-7-9-17(14)23/h6-10,13,15-16,18H,11H2,1-5H3,(H2,22,24). The fourth-order valence-corrected chi connectivity index (χ4v) is 4.39. The van der Waals surface area contributed by atoms with Gasteiger partial charge in [0, 0.05) is 11.7 Å². The van der Waals surface area contributed by atoms with Crippen molar-refractivity contribution < 1.29 is 9.59 Å². The van der Waals surface area contributed by atoms with Crippen LogP contribution in [0.4, 0.5) is 5.69 Å². The number of hydrogen-bond donors (Lipinski definition) is 1. The highest BCUT2D eigenvalue weighted by Crippen LogP contribution is 2.60.